The van der Waals surface area contributed by atoms with E-state index in [0.29, 0.717) is 21.7 Å². The lowest BCUT2D eigenvalue weighted by atomic mass is 10.0. The number of esters is 1. The molecule has 0 fully saturated rings. The van der Waals surface area contributed by atoms with Crippen LogP contribution in [-0.4, -0.2) is 20.2 Å². The fourth-order valence-electron chi connectivity index (χ4n) is 1.99. The van der Waals surface area contributed by atoms with E-state index in [-0.39, 0.29) is 5.75 Å². The normalized spacial score (nSPS) is 10.4. The van der Waals surface area contributed by atoms with E-state index < -0.39 is 11.8 Å². The van der Waals surface area contributed by atoms with Crippen LogP contribution < -0.4 is 10.5 Å². The van der Waals surface area contributed by atoms with Gasteiger partial charge in [-0.2, -0.15) is 0 Å². The Bertz CT molecular complexity index is 667. The summed E-state index contributed by atoms with van der Waals surface area (Å²) in [6.07, 6.45) is 0. The maximum atomic E-state index is 13.8. The average Bonchev–Trinajstić information content (AvgIpc) is 2.73. The lowest BCUT2D eigenvalue weighted by Crippen LogP contribution is -2.02. The Morgan fingerprint density at radius 3 is 2.60 bits per heavy atom. The molecule has 1 aromatic carbocycles. The van der Waals surface area contributed by atoms with Crippen LogP contribution in [0, 0.1) is 12.7 Å². The Labute approximate surface area is 119 Å². The van der Waals surface area contributed by atoms with Crippen LogP contribution in [0.5, 0.6) is 5.75 Å². The van der Waals surface area contributed by atoms with Crippen molar-refractivity contribution in [2.24, 2.45) is 0 Å². The first kappa shape index (κ1) is 14.3. The van der Waals surface area contributed by atoms with E-state index in [1.807, 2.05) is 6.92 Å². The number of nitrogens with two attached hydrogens (primary N) is 1. The summed E-state index contributed by atoms with van der Waals surface area (Å²) in [7, 11) is 2.70. The Kier molecular flexibility index (Phi) is 3.94. The van der Waals surface area contributed by atoms with Gasteiger partial charge in [-0.05, 0) is 24.6 Å². The molecule has 0 saturated heterocycles. The van der Waals surface area contributed by atoms with Crippen LogP contribution in [0.15, 0.2) is 18.2 Å². The number of nitrogen functional groups attached to an aromatic ring is 1. The number of hydrogen-bond donors (Lipinski definition) is 1. The van der Waals surface area contributed by atoms with Gasteiger partial charge in [-0.25, -0.2) is 9.18 Å². The lowest BCUT2D eigenvalue weighted by molar-refractivity contribution is 0.0607. The van der Waals surface area contributed by atoms with Crippen molar-refractivity contribution in [1.82, 2.24) is 0 Å². The summed E-state index contributed by atoms with van der Waals surface area (Å²) >= 11 is 1.23. The highest BCUT2D eigenvalue weighted by atomic mass is 32.1. The topological polar surface area (TPSA) is 61.5 Å². The van der Waals surface area contributed by atoms with Gasteiger partial charge in [0.15, 0.2) is 11.6 Å². The standard InChI is InChI=1S/C14H14FNO3S/c1-7-11(12(16)13(20-7)14(17)19-3)8-4-5-10(18-2)9(15)6-8/h4-6H,16H2,1-3H3. The molecule has 1 aromatic heterocycles. The maximum absolute atomic E-state index is 13.8. The number of hydrogen-bond acceptors (Lipinski definition) is 5. The SMILES string of the molecule is COC(=O)c1sc(C)c(-c2ccc(OC)c(F)c2)c1N. The van der Waals surface area contributed by atoms with Gasteiger partial charge in [0.1, 0.15) is 4.88 Å². The van der Waals surface area contributed by atoms with E-state index in [0.717, 1.165) is 4.88 Å². The Morgan fingerprint density at radius 2 is 2.05 bits per heavy atom. The predicted octanol–water partition coefficient (Wildman–Crippen LogP) is 3.24. The summed E-state index contributed by atoms with van der Waals surface area (Å²) in [5.41, 5.74) is 7.55. The number of benzene rings is 1. The van der Waals surface area contributed by atoms with Gasteiger partial charge >= 0.3 is 5.97 Å². The molecule has 0 saturated carbocycles. The highest BCUT2D eigenvalue weighted by Crippen LogP contribution is 2.39. The predicted molar refractivity (Wildman–Crippen MR) is 76.8 cm³/mol. The molecule has 1 heterocycles. The molecule has 0 aliphatic carbocycles. The Morgan fingerprint density at radius 1 is 1.35 bits per heavy atom. The van der Waals surface area contributed by atoms with Gasteiger partial charge in [-0.3, -0.25) is 0 Å². The zero-order valence-electron chi connectivity index (χ0n) is 11.3. The molecule has 2 N–H and O–H groups in total. The van der Waals surface area contributed by atoms with Crippen molar-refractivity contribution in [3.8, 4) is 16.9 Å². The molecule has 2 aromatic rings. The van der Waals surface area contributed by atoms with Crippen LogP contribution in [0.25, 0.3) is 11.1 Å². The summed E-state index contributed by atoms with van der Waals surface area (Å²) in [6, 6.07) is 4.57. The monoisotopic (exact) mass is 295 g/mol. The number of ether oxygens (including phenoxy) is 2. The summed E-state index contributed by atoms with van der Waals surface area (Å²) in [4.78, 5) is 12.8. The van der Waals surface area contributed by atoms with Crippen molar-refractivity contribution in [2.45, 2.75) is 6.92 Å². The lowest BCUT2D eigenvalue weighted by Gasteiger charge is -2.06. The number of halogens is 1. The van der Waals surface area contributed by atoms with Gasteiger partial charge < -0.3 is 15.2 Å². The molecule has 0 unspecified atom stereocenters. The van der Waals surface area contributed by atoms with Crippen LogP contribution in [0.4, 0.5) is 10.1 Å². The third-order valence-corrected chi connectivity index (χ3v) is 4.03. The third-order valence-electron chi connectivity index (χ3n) is 2.93. The van der Waals surface area contributed by atoms with Crippen LogP contribution in [0.2, 0.25) is 0 Å². The van der Waals surface area contributed by atoms with E-state index in [2.05, 4.69) is 4.74 Å². The summed E-state index contributed by atoms with van der Waals surface area (Å²) in [5, 5.41) is 0. The number of carbonyl (C=O) groups excluding carboxylic acids is 1. The van der Waals surface area contributed by atoms with Crippen LogP contribution in [-0.2, 0) is 4.74 Å². The van der Waals surface area contributed by atoms with Gasteiger partial charge in [-0.1, -0.05) is 6.07 Å². The Balaban J connectivity index is 2.56. The molecule has 0 amide bonds. The number of anilines is 1. The highest BCUT2D eigenvalue weighted by Gasteiger charge is 2.21. The zero-order valence-corrected chi connectivity index (χ0v) is 12.1. The number of methoxy groups -OCH3 is 2. The molecular weight excluding hydrogens is 281 g/mol. The second kappa shape index (κ2) is 5.50. The first-order valence-electron chi connectivity index (χ1n) is 5.80. The molecular formula is C14H14FNO3S. The van der Waals surface area contributed by atoms with Gasteiger partial charge in [0.05, 0.1) is 19.9 Å². The number of thiophene rings is 1. The first-order valence-corrected chi connectivity index (χ1v) is 6.62. The van der Waals surface area contributed by atoms with Gasteiger partial charge in [-0.15, -0.1) is 11.3 Å². The van der Waals surface area contributed by atoms with Crippen LogP contribution in [0.3, 0.4) is 0 Å². The van der Waals surface area contributed by atoms with Crippen LogP contribution >= 0.6 is 11.3 Å². The molecule has 0 aliphatic heterocycles. The van der Waals surface area contributed by atoms with Crippen molar-refractivity contribution < 1.29 is 18.7 Å². The highest BCUT2D eigenvalue weighted by molar-refractivity contribution is 7.15. The molecule has 20 heavy (non-hydrogen) atoms. The molecule has 106 valence electrons. The number of rotatable bonds is 3. The minimum Gasteiger partial charge on any atom is -0.494 e. The van der Waals surface area contributed by atoms with Crippen LogP contribution in [0.1, 0.15) is 14.5 Å². The van der Waals surface area contributed by atoms with Gasteiger partial charge in [0, 0.05) is 10.4 Å². The fraction of sp³-hybridized carbons (Fsp3) is 0.214. The second-order valence-electron chi connectivity index (χ2n) is 4.12. The zero-order chi connectivity index (χ0) is 14.9. The summed E-state index contributed by atoms with van der Waals surface area (Å²) in [6.45, 7) is 1.82. The van der Waals surface area contributed by atoms with Gasteiger partial charge in [0.2, 0.25) is 0 Å². The first-order chi connectivity index (χ1) is 9.49. The van der Waals surface area contributed by atoms with E-state index in [4.69, 9.17) is 10.5 Å². The maximum Gasteiger partial charge on any atom is 0.350 e. The summed E-state index contributed by atoms with van der Waals surface area (Å²) < 4.78 is 23.3. The molecule has 0 spiro atoms. The van der Waals surface area contributed by atoms with Crippen molar-refractivity contribution in [1.29, 1.82) is 0 Å². The smallest absolute Gasteiger partial charge is 0.350 e. The largest absolute Gasteiger partial charge is 0.494 e. The molecule has 6 heteroatoms. The molecule has 0 radical (unpaired) electrons. The number of carbonyl (C=O) groups is 1. The molecule has 2 rings (SSSR count). The molecule has 0 atom stereocenters. The fourth-order valence-corrected chi connectivity index (χ4v) is 3.00. The van der Waals surface area contributed by atoms with Crippen molar-refractivity contribution in [3.05, 3.63) is 33.8 Å². The van der Waals surface area contributed by atoms with E-state index in [1.54, 1.807) is 6.07 Å². The Hall–Kier alpha value is -2.08. The minimum absolute atomic E-state index is 0.161. The molecule has 0 bridgehead atoms. The van der Waals surface area contributed by atoms with E-state index in [9.17, 15) is 9.18 Å². The van der Waals surface area contributed by atoms with Crippen molar-refractivity contribution in [2.75, 3.05) is 20.0 Å². The molecule has 0 aliphatic rings. The van der Waals surface area contributed by atoms with Crippen molar-refractivity contribution in [3.63, 3.8) is 0 Å². The van der Waals surface area contributed by atoms with Gasteiger partial charge in [0.25, 0.3) is 0 Å². The minimum atomic E-state index is -0.490. The van der Waals surface area contributed by atoms with Crippen molar-refractivity contribution >= 4 is 23.0 Å². The second-order valence-corrected chi connectivity index (χ2v) is 5.34. The molecule has 4 nitrogen and oxygen atoms in total. The average molecular weight is 295 g/mol. The summed E-state index contributed by atoms with van der Waals surface area (Å²) in [5.74, 6) is -0.807. The quantitative estimate of drug-likeness (QED) is 0.883. The third kappa shape index (κ3) is 2.34. The van der Waals surface area contributed by atoms with E-state index in [1.165, 1.54) is 37.7 Å². The number of aryl methyl sites for hydroxylation is 1. The van der Waals surface area contributed by atoms with E-state index >= 15 is 0 Å².